The van der Waals surface area contributed by atoms with Crippen molar-refractivity contribution in [3.63, 3.8) is 0 Å². The highest BCUT2D eigenvalue weighted by Gasteiger charge is 2.27. The zero-order valence-corrected chi connectivity index (χ0v) is 16.5. The van der Waals surface area contributed by atoms with Crippen molar-refractivity contribution in [3.8, 4) is 11.4 Å². The molecule has 0 radical (unpaired) electrons. The first-order valence-electron chi connectivity index (χ1n) is 10.4. The molecule has 0 saturated heterocycles. The Hall–Kier alpha value is -3.05. The Kier molecular flexibility index (Phi) is 4.82. The van der Waals surface area contributed by atoms with E-state index in [4.69, 9.17) is 0 Å². The number of benzene rings is 3. The molecule has 5 heteroatoms. The summed E-state index contributed by atoms with van der Waals surface area (Å²) in [7, 11) is 0. The van der Waals surface area contributed by atoms with E-state index in [1.165, 1.54) is 34.7 Å². The van der Waals surface area contributed by atoms with Crippen LogP contribution in [0, 0.1) is 0 Å². The molecule has 0 unspecified atom stereocenters. The van der Waals surface area contributed by atoms with Crippen molar-refractivity contribution in [2.75, 3.05) is 0 Å². The smallest absolute Gasteiger partial charge is 0.204 e. The van der Waals surface area contributed by atoms with Crippen LogP contribution in [-0.4, -0.2) is 26.7 Å². The predicted octanol–water partition coefficient (Wildman–Crippen LogP) is 5.01. The monoisotopic (exact) mass is 383 g/mol. The fourth-order valence-electron chi connectivity index (χ4n) is 4.72. The third kappa shape index (κ3) is 3.66. The molecule has 0 aliphatic heterocycles. The van der Waals surface area contributed by atoms with Crippen LogP contribution >= 0.6 is 0 Å². The van der Waals surface area contributed by atoms with Gasteiger partial charge in [0.2, 0.25) is 5.82 Å². The van der Waals surface area contributed by atoms with Crippen molar-refractivity contribution in [1.82, 2.24) is 25.9 Å². The summed E-state index contributed by atoms with van der Waals surface area (Å²) < 4.78 is 0. The van der Waals surface area contributed by atoms with Gasteiger partial charge >= 0.3 is 0 Å². The summed E-state index contributed by atoms with van der Waals surface area (Å²) in [6.07, 6.45) is 3.56. The molecule has 146 valence electrons. The maximum absolute atomic E-state index is 4.11. The van der Waals surface area contributed by atoms with Crippen LogP contribution in [0.15, 0.2) is 66.7 Å². The zero-order valence-electron chi connectivity index (χ0n) is 16.5. The van der Waals surface area contributed by atoms with Crippen molar-refractivity contribution >= 4 is 10.8 Å². The summed E-state index contributed by atoms with van der Waals surface area (Å²) in [5.74, 6) is 1.23. The number of fused-ring (bicyclic) bond motifs is 1. The van der Waals surface area contributed by atoms with E-state index >= 15 is 0 Å². The van der Waals surface area contributed by atoms with Gasteiger partial charge in [0.25, 0.3) is 0 Å². The average molecular weight is 383 g/mol. The largest absolute Gasteiger partial charge is 0.307 e. The summed E-state index contributed by atoms with van der Waals surface area (Å²) in [5, 5.41) is 21.0. The van der Waals surface area contributed by atoms with E-state index in [1.807, 2.05) is 6.07 Å². The third-order valence-corrected chi connectivity index (χ3v) is 6.17. The number of nitrogens with one attached hydrogen (secondary N) is 2. The van der Waals surface area contributed by atoms with Crippen LogP contribution < -0.4 is 5.32 Å². The van der Waals surface area contributed by atoms with Gasteiger partial charge in [-0.05, 0) is 65.3 Å². The molecular weight excluding hydrogens is 358 g/mol. The van der Waals surface area contributed by atoms with Crippen LogP contribution in [0.1, 0.15) is 49.3 Å². The van der Waals surface area contributed by atoms with E-state index in [1.54, 1.807) is 0 Å². The second-order valence-electron chi connectivity index (χ2n) is 8.02. The Morgan fingerprint density at radius 2 is 1.86 bits per heavy atom. The number of hydrogen-bond acceptors (Lipinski definition) is 4. The lowest BCUT2D eigenvalue weighted by molar-refractivity contribution is 0.459. The van der Waals surface area contributed by atoms with Gasteiger partial charge < -0.3 is 5.32 Å². The Labute approximate surface area is 170 Å². The summed E-state index contributed by atoms with van der Waals surface area (Å²) in [4.78, 5) is 0. The SMILES string of the molecule is C[C@@H](N[C@H]1CC[C@@H](c2cccc(-c3nn[nH]n3)c2)C1)c1cccc2ccccc12. The van der Waals surface area contributed by atoms with Crippen molar-refractivity contribution < 1.29 is 0 Å². The second-order valence-corrected chi connectivity index (χ2v) is 8.02. The van der Waals surface area contributed by atoms with Gasteiger partial charge in [-0.3, -0.25) is 0 Å². The maximum atomic E-state index is 4.11. The summed E-state index contributed by atoms with van der Waals surface area (Å²) in [5.41, 5.74) is 3.77. The summed E-state index contributed by atoms with van der Waals surface area (Å²) >= 11 is 0. The number of H-pyrrole nitrogens is 1. The number of aromatic amines is 1. The van der Waals surface area contributed by atoms with Gasteiger partial charge in [0.05, 0.1) is 0 Å². The molecule has 5 nitrogen and oxygen atoms in total. The van der Waals surface area contributed by atoms with Gasteiger partial charge in [0.1, 0.15) is 0 Å². The Bertz CT molecular complexity index is 1100. The maximum Gasteiger partial charge on any atom is 0.204 e. The molecule has 1 aliphatic carbocycles. The molecule has 1 saturated carbocycles. The minimum absolute atomic E-state index is 0.329. The van der Waals surface area contributed by atoms with Crippen LogP contribution in [0.25, 0.3) is 22.2 Å². The quantitative estimate of drug-likeness (QED) is 0.508. The van der Waals surface area contributed by atoms with Gasteiger partial charge in [0.15, 0.2) is 0 Å². The van der Waals surface area contributed by atoms with Gasteiger partial charge in [0, 0.05) is 17.6 Å². The molecule has 3 atom stereocenters. The third-order valence-electron chi connectivity index (χ3n) is 6.17. The first-order chi connectivity index (χ1) is 14.3. The topological polar surface area (TPSA) is 66.5 Å². The Morgan fingerprint density at radius 1 is 1.00 bits per heavy atom. The molecule has 0 bridgehead atoms. The lowest BCUT2D eigenvalue weighted by Gasteiger charge is -2.21. The standard InChI is InChI=1S/C24H25N5/c1-16(22-11-5-7-17-6-2-3-10-23(17)22)25-21-13-12-19(15-21)18-8-4-9-20(14-18)24-26-28-29-27-24/h2-11,14,16,19,21,25H,12-13,15H2,1H3,(H,26,27,28,29)/t16-,19-,21+/m1/s1. The lowest BCUT2D eigenvalue weighted by Crippen LogP contribution is -2.29. The van der Waals surface area contributed by atoms with E-state index in [9.17, 15) is 0 Å². The van der Waals surface area contributed by atoms with Crippen molar-refractivity contribution in [2.24, 2.45) is 0 Å². The number of tetrazole rings is 1. The number of rotatable bonds is 5. The van der Waals surface area contributed by atoms with Crippen LogP contribution in [0.2, 0.25) is 0 Å². The van der Waals surface area contributed by atoms with Gasteiger partial charge in [-0.25, -0.2) is 0 Å². The van der Waals surface area contributed by atoms with Crippen molar-refractivity contribution in [1.29, 1.82) is 0 Å². The van der Waals surface area contributed by atoms with Gasteiger partial charge in [-0.1, -0.05) is 60.7 Å². The molecule has 4 aromatic rings. The molecule has 2 N–H and O–H groups in total. The molecule has 1 fully saturated rings. The van der Waals surface area contributed by atoms with Gasteiger partial charge in [-0.15, -0.1) is 10.2 Å². The molecule has 0 amide bonds. The Balaban J connectivity index is 1.29. The van der Waals surface area contributed by atoms with Crippen molar-refractivity contribution in [2.45, 2.75) is 44.2 Å². The summed E-state index contributed by atoms with van der Waals surface area (Å²) in [6, 6.07) is 24.7. The fourth-order valence-corrected chi connectivity index (χ4v) is 4.72. The molecule has 1 aliphatic rings. The lowest BCUT2D eigenvalue weighted by atomic mass is 9.95. The first-order valence-corrected chi connectivity index (χ1v) is 10.4. The van der Waals surface area contributed by atoms with Crippen LogP contribution in [0.3, 0.4) is 0 Å². The normalized spacial score (nSPS) is 20.2. The van der Waals surface area contributed by atoms with Gasteiger partial charge in [-0.2, -0.15) is 5.21 Å². The highest BCUT2D eigenvalue weighted by molar-refractivity contribution is 5.86. The summed E-state index contributed by atoms with van der Waals surface area (Å²) in [6.45, 7) is 2.28. The fraction of sp³-hybridized carbons (Fsp3) is 0.292. The van der Waals surface area contributed by atoms with Crippen LogP contribution in [-0.2, 0) is 0 Å². The van der Waals surface area contributed by atoms with E-state index in [-0.39, 0.29) is 0 Å². The highest BCUT2D eigenvalue weighted by Crippen LogP contribution is 2.37. The average Bonchev–Trinajstić information content (AvgIpc) is 3.46. The molecule has 3 aromatic carbocycles. The van der Waals surface area contributed by atoms with E-state index in [2.05, 4.69) is 93.5 Å². The van der Waals surface area contributed by atoms with E-state index in [0.717, 1.165) is 12.0 Å². The minimum Gasteiger partial charge on any atom is -0.307 e. The molecule has 29 heavy (non-hydrogen) atoms. The minimum atomic E-state index is 0.329. The zero-order chi connectivity index (χ0) is 19.6. The predicted molar refractivity (Wildman–Crippen MR) is 115 cm³/mol. The number of aromatic nitrogens is 4. The van der Waals surface area contributed by atoms with Crippen LogP contribution in [0.4, 0.5) is 0 Å². The van der Waals surface area contributed by atoms with Crippen LogP contribution in [0.5, 0.6) is 0 Å². The van der Waals surface area contributed by atoms with E-state index in [0.29, 0.717) is 23.8 Å². The highest BCUT2D eigenvalue weighted by atomic mass is 15.5. The molecule has 0 spiro atoms. The second kappa shape index (κ2) is 7.76. The molecule has 5 rings (SSSR count). The Morgan fingerprint density at radius 3 is 2.76 bits per heavy atom. The van der Waals surface area contributed by atoms with Crippen molar-refractivity contribution in [3.05, 3.63) is 77.9 Å². The van der Waals surface area contributed by atoms with E-state index < -0.39 is 0 Å². The number of nitrogens with zero attached hydrogens (tertiary/aromatic N) is 3. The number of hydrogen-bond donors (Lipinski definition) is 2. The molecular formula is C24H25N5. The molecule has 1 aromatic heterocycles. The first kappa shape index (κ1) is 18.0. The molecule has 1 heterocycles.